The van der Waals surface area contributed by atoms with Crippen LogP contribution in [-0.4, -0.2) is 62.2 Å². The van der Waals surface area contributed by atoms with E-state index in [2.05, 4.69) is 36.0 Å². The largest absolute Gasteiger partial charge is 0.313 e. The molecule has 2 heterocycles. The highest BCUT2D eigenvalue weighted by molar-refractivity contribution is 4.86. The Morgan fingerprint density at radius 3 is 2.28 bits per heavy atom. The van der Waals surface area contributed by atoms with Crippen molar-refractivity contribution < 1.29 is 0 Å². The quantitative estimate of drug-likeness (QED) is 0.824. The first-order valence-electron chi connectivity index (χ1n) is 7.75. The Kier molecular flexibility index (Phi) is 5.05. The number of hydrogen-bond acceptors (Lipinski definition) is 3. The molecule has 0 aromatic rings. The Morgan fingerprint density at radius 1 is 1.11 bits per heavy atom. The maximum Gasteiger partial charge on any atom is 0.00916 e. The minimum atomic E-state index is 0.536. The van der Waals surface area contributed by atoms with E-state index < -0.39 is 0 Å². The summed E-state index contributed by atoms with van der Waals surface area (Å²) < 4.78 is 0. The number of nitrogens with zero attached hydrogens (tertiary/aromatic N) is 2. The predicted molar refractivity (Wildman–Crippen MR) is 78.0 cm³/mol. The van der Waals surface area contributed by atoms with Crippen LogP contribution in [0.2, 0.25) is 0 Å². The van der Waals surface area contributed by atoms with E-state index in [9.17, 15) is 0 Å². The van der Waals surface area contributed by atoms with E-state index in [1.54, 1.807) is 0 Å². The minimum absolute atomic E-state index is 0.536. The van der Waals surface area contributed by atoms with Crippen molar-refractivity contribution in [3.63, 3.8) is 0 Å². The normalized spacial score (nSPS) is 27.5. The summed E-state index contributed by atoms with van der Waals surface area (Å²) in [4.78, 5) is 5.02. The van der Waals surface area contributed by atoms with Gasteiger partial charge in [-0.15, -0.1) is 0 Å². The Morgan fingerprint density at radius 2 is 1.72 bits per heavy atom. The van der Waals surface area contributed by atoms with Crippen molar-refractivity contribution in [3.8, 4) is 0 Å². The van der Waals surface area contributed by atoms with Crippen LogP contribution >= 0.6 is 0 Å². The molecule has 0 bridgehead atoms. The zero-order valence-electron chi connectivity index (χ0n) is 12.5. The lowest BCUT2D eigenvalue weighted by molar-refractivity contribution is 0.125. The van der Waals surface area contributed by atoms with Crippen molar-refractivity contribution in [1.82, 2.24) is 15.1 Å². The van der Waals surface area contributed by atoms with Gasteiger partial charge in [-0.3, -0.25) is 0 Å². The molecule has 3 heteroatoms. The van der Waals surface area contributed by atoms with Crippen LogP contribution in [0.3, 0.4) is 0 Å². The van der Waals surface area contributed by atoms with E-state index in [1.807, 2.05) is 0 Å². The third-order valence-corrected chi connectivity index (χ3v) is 5.05. The lowest BCUT2D eigenvalue weighted by atomic mass is 9.80. The Bertz CT molecular complexity index is 238. The molecular formula is C15H31N3. The molecule has 3 nitrogen and oxygen atoms in total. The fraction of sp³-hybridized carbons (Fsp3) is 1.00. The molecule has 0 unspecified atom stereocenters. The molecule has 18 heavy (non-hydrogen) atoms. The van der Waals surface area contributed by atoms with Crippen LogP contribution in [0.15, 0.2) is 0 Å². The highest BCUT2D eigenvalue weighted by atomic mass is 15.1. The second-order valence-corrected chi connectivity index (χ2v) is 6.70. The van der Waals surface area contributed by atoms with Crippen LogP contribution < -0.4 is 5.32 Å². The molecule has 0 spiro atoms. The van der Waals surface area contributed by atoms with Gasteiger partial charge in [0.2, 0.25) is 0 Å². The molecule has 0 radical (unpaired) electrons. The van der Waals surface area contributed by atoms with Crippen LogP contribution in [0.25, 0.3) is 0 Å². The lowest BCUT2D eigenvalue weighted by Crippen LogP contribution is -2.48. The Hall–Kier alpha value is -0.120. The number of piperidine rings is 2. The highest BCUT2D eigenvalue weighted by Crippen LogP contribution is 2.29. The standard InChI is InChI=1S/C15H31N3/c1-4-18-9-5-14(6-10-18)16-13-15(2)7-11-17(3)12-8-15/h14,16H,4-13H2,1-3H3. The van der Waals surface area contributed by atoms with Gasteiger partial charge in [-0.2, -0.15) is 0 Å². The van der Waals surface area contributed by atoms with Gasteiger partial charge in [0.15, 0.2) is 0 Å². The summed E-state index contributed by atoms with van der Waals surface area (Å²) in [6.45, 7) is 12.3. The molecule has 0 amide bonds. The topological polar surface area (TPSA) is 18.5 Å². The first-order chi connectivity index (χ1) is 8.61. The molecule has 0 saturated carbocycles. The Balaban J connectivity index is 1.68. The summed E-state index contributed by atoms with van der Waals surface area (Å²) in [5.41, 5.74) is 0.536. The summed E-state index contributed by atoms with van der Waals surface area (Å²) in [7, 11) is 2.24. The van der Waals surface area contributed by atoms with Gasteiger partial charge in [0.1, 0.15) is 0 Å². The van der Waals surface area contributed by atoms with E-state index in [0.717, 1.165) is 6.04 Å². The summed E-state index contributed by atoms with van der Waals surface area (Å²) >= 11 is 0. The van der Waals surface area contributed by atoms with Gasteiger partial charge in [-0.1, -0.05) is 13.8 Å². The number of nitrogens with one attached hydrogen (secondary N) is 1. The van der Waals surface area contributed by atoms with E-state index in [1.165, 1.54) is 65.0 Å². The zero-order chi connectivity index (χ0) is 13.0. The van der Waals surface area contributed by atoms with E-state index in [4.69, 9.17) is 0 Å². The van der Waals surface area contributed by atoms with E-state index in [0.29, 0.717) is 5.41 Å². The molecule has 0 aromatic heterocycles. The molecule has 2 fully saturated rings. The SMILES string of the molecule is CCN1CCC(NCC2(C)CCN(C)CC2)CC1. The molecule has 2 rings (SSSR count). The van der Waals surface area contributed by atoms with Crippen molar-refractivity contribution in [2.75, 3.05) is 46.3 Å². The number of rotatable bonds is 4. The molecule has 2 aliphatic rings. The third-order valence-electron chi connectivity index (χ3n) is 5.05. The summed E-state index contributed by atoms with van der Waals surface area (Å²) in [6.07, 6.45) is 5.38. The Labute approximate surface area is 113 Å². The molecule has 0 aromatic carbocycles. The fourth-order valence-electron chi connectivity index (χ4n) is 3.18. The molecule has 2 aliphatic heterocycles. The number of likely N-dealkylation sites (tertiary alicyclic amines) is 2. The summed E-state index contributed by atoms with van der Waals surface area (Å²) in [6, 6.07) is 0.768. The smallest absolute Gasteiger partial charge is 0.00916 e. The zero-order valence-corrected chi connectivity index (χ0v) is 12.5. The second-order valence-electron chi connectivity index (χ2n) is 6.70. The fourth-order valence-corrected chi connectivity index (χ4v) is 3.18. The predicted octanol–water partition coefficient (Wildman–Crippen LogP) is 1.79. The molecule has 2 saturated heterocycles. The van der Waals surface area contributed by atoms with E-state index >= 15 is 0 Å². The van der Waals surface area contributed by atoms with Crippen LogP contribution in [0, 0.1) is 5.41 Å². The average molecular weight is 253 g/mol. The molecule has 0 atom stereocenters. The van der Waals surface area contributed by atoms with Gasteiger partial charge in [0, 0.05) is 12.6 Å². The monoisotopic (exact) mass is 253 g/mol. The molecule has 1 N–H and O–H groups in total. The van der Waals surface area contributed by atoms with Gasteiger partial charge < -0.3 is 15.1 Å². The lowest BCUT2D eigenvalue weighted by Gasteiger charge is -2.40. The number of hydrogen-bond donors (Lipinski definition) is 1. The van der Waals surface area contributed by atoms with Gasteiger partial charge >= 0.3 is 0 Å². The minimum Gasteiger partial charge on any atom is -0.313 e. The highest BCUT2D eigenvalue weighted by Gasteiger charge is 2.29. The van der Waals surface area contributed by atoms with Crippen LogP contribution in [-0.2, 0) is 0 Å². The second kappa shape index (κ2) is 6.36. The van der Waals surface area contributed by atoms with E-state index in [-0.39, 0.29) is 0 Å². The molecular weight excluding hydrogens is 222 g/mol. The molecule has 106 valence electrons. The summed E-state index contributed by atoms with van der Waals surface area (Å²) in [5, 5.41) is 3.85. The van der Waals surface area contributed by atoms with Gasteiger partial charge in [0.05, 0.1) is 0 Å². The van der Waals surface area contributed by atoms with Crippen LogP contribution in [0.5, 0.6) is 0 Å². The van der Waals surface area contributed by atoms with Crippen LogP contribution in [0.1, 0.15) is 39.5 Å². The van der Waals surface area contributed by atoms with Gasteiger partial charge in [-0.05, 0) is 70.9 Å². The van der Waals surface area contributed by atoms with Crippen molar-refractivity contribution in [3.05, 3.63) is 0 Å². The van der Waals surface area contributed by atoms with Crippen molar-refractivity contribution in [2.24, 2.45) is 5.41 Å². The first-order valence-corrected chi connectivity index (χ1v) is 7.75. The molecule has 0 aliphatic carbocycles. The van der Waals surface area contributed by atoms with Gasteiger partial charge in [-0.25, -0.2) is 0 Å². The van der Waals surface area contributed by atoms with Crippen molar-refractivity contribution in [1.29, 1.82) is 0 Å². The summed E-state index contributed by atoms with van der Waals surface area (Å²) in [5.74, 6) is 0. The maximum absolute atomic E-state index is 3.85. The maximum atomic E-state index is 3.85. The first kappa shape index (κ1) is 14.3. The van der Waals surface area contributed by atoms with Crippen molar-refractivity contribution in [2.45, 2.75) is 45.6 Å². The third kappa shape index (κ3) is 3.94. The van der Waals surface area contributed by atoms with Gasteiger partial charge in [0.25, 0.3) is 0 Å². The van der Waals surface area contributed by atoms with Crippen molar-refractivity contribution >= 4 is 0 Å². The van der Waals surface area contributed by atoms with Crippen LogP contribution in [0.4, 0.5) is 0 Å². The average Bonchev–Trinajstić information content (AvgIpc) is 2.41.